The van der Waals surface area contributed by atoms with Crippen molar-refractivity contribution in [3.63, 3.8) is 0 Å². The van der Waals surface area contributed by atoms with Crippen molar-refractivity contribution in [2.45, 2.75) is 45.1 Å². The molecule has 0 bridgehead atoms. The first-order chi connectivity index (χ1) is 13.6. The van der Waals surface area contributed by atoms with E-state index in [1.54, 1.807) is 29.2 Å². The second-order valence-electron chi connectivity index (χ2n) is 7.51. The summed E-state index contributed by atoms with van der Waals surface area (Å²) in [5, 5.41) is 5.73. The predicted octanol–water partition coefficient (Wildman–Crippen LogP) is 2.18. The molecule has 0 spiro atoms. The van der Waals surface area contributed by atoms with Gasteiger partial charge in [0.05, 0.1) is 12.0 Å². The number of rotatable bonds is 8. The van der Waals surface area contributed by atoms with Crippen LogP contribution in [0.5, 0.6) is 0 Å². The summed E-state index contributed by atoms with van der Waals surface area (Å²) < 4.78 is 5.50. The number of ether oxygens (including phenoxy) is 1. The van der Waals surface area contributed by atoms with Gasteiger partial charge in [-0.1, -0.05) is 13.3 Å². The molecule has 7 nitrogen and oxygen atoms in total. The molecule has 2 atom stereocenters. The smallest absolute Gasteiger partial charge is 0.251 e. The Kier molecular flexibility index (Phi) is 7.03. The van der Waals surface area contributed by atoms with E-state index in [-0.39, 0.29) is 36.2 Å². The van der Waals surface area contributed by atoms with E-state index in [9.17, 15) is 14.4 Å². The molecular weight excluding hydrogens is 358 g/mol. The Morgan fingerprint density at radius 3 is 2.71 bits per heavy atom. The van der Waals surface area contributed by atoms with Gasteiger partial charge in [0.25, 0.3) is 5.91 Å². The van der Waals surface area contributed by atoms with E-state index < -0.39 is 0 Å². The van der Waals surface area contributed by atoms with Crippen molar-refractivity contribution in [3.05, 3.63) is 29.8 Å². The third kappa shape index (κ3) is 5.32. The molecule has 3 rings (SSSR count). The minimum absolute atomic E-state index is 0.0480. The SMILES string of the molecule is CCCCN1C[C@H](C(=O)Nc2ccc(C(=O)NC[C@@H]3CCCO3)cc2)CC1=O. The highest BCUT2D eigenvalue weighted by Gasteiger charge is 2.33. The van der Waals surface area contributed by atoms with Gasteiger partial charge in [0.15, 0.2) is 0 Å². The number of benzene rings is 1. The summed E-state index contributed by atoms with van der Waals surface area (Å²) in [7, 11) is 0. The first kappa shape index (κ1) is 20.3. The van der Waals surface area contributed by atoms with Crippen LogP contribution < -0.4 is 10.6 Å². The monoisotopic (exact) mass is 387 g/mol. The first-order valence-electron chi connectivity index (χ1n) is 10.2. The van der Waals surface area contributed by atoms with Gasteiger partial charge < -0.3 is 20.3 Å². The van der Waals surface area contributed by atoms with Crippen LogP contribution in [0.25, 0.3) is 0 Å². The molecule has 7 heteroatoms. The van der Waals surface area contributed by atoms with Gasteiger partial charge >= 0.3 is 0 Å². The molecule has 0 aromatic heterocycles. The number of anilines is 1. The largest absolute Gasteiger partial charge is 0.376 e. The Morgan fingerprint density at radius 2 is 2.04 bits per heavy atom. The number of nitrogens with zero attached hydrogens (tertiary/aromatic N) is 1. The van der Waals surface area contributed by atoms with Gasteiger partial charge in [-0.25, -0.2) is 0 Å². The molecule has 152 valence electrons. The van der Waals surface area contributed by atoms with Crippen molar-refractivity contribution in [3.8, 4) is 0 Å². The standard InChI is InChI=1S/C21H29N3O4/c1-2-3-10-24-14-16(12-19(24)25)21(27)23-17-8-6-15(7-9-17)20(26)22-13-18-5-4-11-28-18/h6-9,16,18H,2-5,10-14H2,1H3,(H,22,26)(H,23,27)/t16-,18+/m1/s1. The molecule has 1 aromatic rings. The summed E-state index contributed by atoms with van der Waals surface area (Å²) >= 11 is 0. The van der Waals surface area contributed by atoms with Gasteiger partial charge in [-0.2, -0.15) is 0 Å². The Morgan fingerprint density at radius 1 is 1.25 bits per heavy atom. The maximum Gasteiger partial charge on any atom is 0.251 e. The van der Waals surface area contributed by atoms with E-state index in [1.807, 2.05) is 0 Å². The van der Waals surface area contributed by atoms with E-state index in [0.29, 0.717) is 24.3 Å². The van der Waals surface area contributed by atoms with E-state index in [2.05, 4.69) is 17.6 Å². The van der Waals surface area contributed by atoms with E-state index >= 15 is 0 Å². The van der Waals surface area contributed by atoms with Gasteiger partial charge in [0, 0.05) is 43.9 Å². The maximum atomic E-state index is 12.5. The topological polar surface area (TPSA) is 87.7 Å². The summed E-state index contributed by atoms with van der Waals surface area (Å²) in [6.07, 6.45) is 4.36. The molecule has 2 fully saturated rings. The van der Waals surface area contributed by atoms with Crippen LogP contribution in [-0.4, -0.2) is 55.0 Å². The fourth-order valence-corrected chi connectivity index (χ4v) is 3.58. The van der Waals surface area contributed by atoms with Gasteiger partial charge in [0.2, 0.25) is 11.8 Å². The molecule has 0 aliphatic carbocycles. The first-order valence-corrected chi connectivity index (χ1v) is 10.2. The Labute approximate surface area is 165 Å². The quantitative estimate of drug-likeness (QED) is 0.716. The average Bonchev–Trinajstić information content (AvgIpc) is 3.34. The van der Waals surface area contributed by atoms with Gasteiger partial charge in [-0.05, 0) is 43.5 Å². The molecule has 3 amide bonds. The number of likely N-dealkylation sites (tertiary alicyclic amines) is 1. The Balaban J connectivity index is 1.47. The summed E-state index contributed by atoms with van der Waals surface area (Å²) in [6, 6.07) is 6.80. The average molecular weight is 387 g/mol. The van der Waals surface area contributed by atoms with Crippen LogP contribution in [0.4, 0.5) is 5.69 Å². The van der Waals surface area contributed by atoms with Gasteiger partial charge in [-0.15, -0.1) is 0 Å². The Hall–Kier alpha value is -2.41. The van der Waals surface area contributed by atoms with Crippen molar-refractivity contribution >= 4 is 23.4 Å². The highest BCUT2D eigenvalue weighted by Crippen LogP contribution is 2.21. The lowest BCUT2D eigenvalue weighted by atomic mass is 10.1. The maximum absolute atomic E-state index is 12.5. The van der Waals surface area contributed by atoms with Crippen LogP contribution >= 0.6 is 0 Å². The van der Waals surface area contributed by atoms with Gasteiger partial charge in [-0.3, -0.25) is 14.4 Å². The fourth-order valence-electron chi connectivity index (χ4n) is 3.58. The van der Waals surface area contributed by atoms with Crippen molar-refractivity contribution in [1.82, 2.24) is 10.2 Å². The summed E-state index contributed by atoms with van der Waals surface area (Å²) in [4.78, 5) is 38.5. The minimum Gasteiger partial charge on any atom is -0.376 e. The van der Waals surface area contributed by atoms with Crippen molar-refractivity contribution in [1.29, 1.82) is 0 Å². The summed E-state index contributed by atoms with van der Waals surface area (Å²) in [5.74, 6) is -0.574. The Bertz CT molecular complexity index is 698. The zero-order valence-corrected chi connectivity index (χ0v) is 16.4. The molecule has 2 N–H and O–H groups in total. The second kappa shape index (κ2) is 9.68. The summed E-state index contributed by atoms with van der Waals surface area (Å²) in [6.45, 7) is 4.56. The second-order valence-corrected chi connectivity index (χ2v) is 7.51. The predicted molar refractivity (Wildman–Crippen MR) is 106 cm³/mol. The number of hydrogen-bond donors (Lipinski definition) is 2. The fraction of sp³-hybridized carbons (Fsp3) is 0.571. The van der Waals surface area contributed by atoms with Crippen molar-refractivity contribution < 1.29 is 19.1 Å². The van der Waals surface area contributed by atoms with Crippen molar-refractivity contribution in [2.75, 3.05) is 31.6 Å². The number of hydrogen-bond acceptors (Lipinski definition) is 4. The van der Waals surface area contributed by atoms with E-state index in [4.69, 9.17) is 4.74 Å². The molecule has 0 unspecified atom stereocenters. The van der Waals surface area contributed by atoms with Crippen LogP contribution in [-0.2, 0) is 14.3 Å². The lowest BCUT2D eigenvalue weighted by molar-refractivity contribution is -0.128. The molecular formula is C21H29N3O4. The zero-order chi connectivity index (χ0) is 19.9. The highest BCUT2D eigenvalue weighted by molar-refractivity contribution is 5.98. The zero-order valence-electron chi connectivity index (χ0n) is 16.4. The molecule has 0 radical (unpaired) electrons. The van der Waals surface area contributed by atoms with Crippen LogP contribution in [0.15, 0.2) is 24.3 Å². The van der Waals surface area contributed by atoms with E-state index in [0.717, 1.165) is 38.8 Å². The minimum atomic E-state index is -0.321. The molecule has 2 aliphatic rings. The van der Waals surface area contributed by atoms with Gasteiger partial charge in [0.1, 0.15) is 0 Å². The van der Waals surface area contributed by atoms with Crippen LogP contribution in [0.2, 0.25) is 0 Å². The van der Waals surface area contributed by atoms with Crippen molar-refractivity contribution in [2.24, 2.45) is 5.92 Å². The normalized spacial score (nSPS) is 21.8. The number of carbonyl (C=O) groups excluding carboxylic acids is 3. The molecule has 2 heterocycles. The number of carbonyl (C=O) groups is 3. The highest BCUT2D eigenvalue weighted by atomic mass is 16.5. The van der Waals surface area contributed by atoms with E-state index in [1.165, 1.54) is 0 Å². The lowest BCUT2D eigenvalue weighted by Gasteiger charge is -2.16. The van der Waals surface area contributed by atoms with Crippen LogP contribution in [0.1, 0.15) is 49.4 Å². The number of unbranched alkanes of at least 4 members (excludes halogenated alkanes) is 1. The number of amides is 3. The molecule has 28 heavy (non-hydrogen) atoms. The number of nitrogens with one attached hydrogen (secondary N) is 2. The molecule has 0 saturated carbocycles. The third-order valence-electron chi connectivity index (χ3n) is 5.30. The lowest BCUT2D eigenvalue weighted by Crippen LogP contribution is -2.31. The molecule has 1 aromatic carbocycles. The summed E-state index contributed by atoms with van der Waals surface area (Å²) in [5.41, 5.74) is 1.16. The van der Waals surface area contributed by atoms with Crippen LogP contribution in [0.3, 0.4) is 0 Å². The molecule has 2 aliphatic heterocycles. The van der Waals surface area contributed by atoms with Crippen LogP contribution in [0, 0.1) is 5.92 Å². The third-order valence-corrected chi connectivity index (χ3v) is 5.30. The molecule has 2 saturated heterocycles.